The van der Waals surface area contributed by atoms with Gasteiger partial charge in [0, 0.05) is 18.1 Å². The van der Waals surface area contributed by atoms with E-state index in [4.69, 9.17) is 0 Å². The summed E-state index contributed by atoms with van der Waals surface area (Å²) in [6.45, 7) is 2.23. The number of hydrogen-bond acceptors (Lipinski definition) is 6. The average Bonchev–Trinajstić information content (AvgIpc) is 3.23. The molecular formula is C21H22N4O3S2. The van der Waals surface area contributed by atoms with Crippen LogP contribution >= 0.6 is 11.3 Å². The number of thiazole rings is 1. The second-order valence-corrected chi connectivity index (χ2v) is 9.93. The van der Waals surface area contributed by atoms with E-state index in [2.05, 4.69) is 15.3 Å². The quantitative estimate of drug-likeness (QED) is 0.650. The third-order valence-electron chi connectivity index (χ3n) is 5.05. The van der Waals surface area contributed by atoms with Crippen molar-refractivity contribution in [2.45, 2.75) is 37.1 Å². The number of piperidine rings is 1. The van der Waals surface area contributed by atoms with Crippen molar-refractivity contribution in [1.29, 1.82) is 0 Å². The normalized spacial score (nSPS) is 17.6. The minimum absolute atomic E-state index is 0.208. The molecule has 7 nitrogen and oxygen atoms in total. The van der Waals surface area contributed by atoms with Gasteiger partial charge in [-0.2, -0.15) is 4.31 Å². The summed E-state index contributed by atoms with van der Waals surface area (Å²) in [6.07, 6.45) is 3.70. The van der Waals surface area contributed by atoms with E-state index >= 15 is 0 Å². The Morgan fingerprint density at radius 2 is 1.93 bits per heavy atom. The van der Waals surface area contributed by atoms with Crippen LogP contribution in [0, 0.1) is 6.92 Å². The van der Waals surface area contributed by atoms with Crippen molar-refractivity contribution in [3.8, 4) is 11.4 Å². The van der Waals surface area contributed by atoms with Crippen molar-refractivity contribution >= 4 is 32.4 Å². The number of sulfonamides is 1. The summed E-state index contributed by atoms with van der Waals surface area (Å²) in [7, 11) is -3.76. The van der Waals surface area contributed by atoms with E-state index in [-0.39, 0.29) is 10.8 Å². The van der Waals surface area contributed by atoms with Crippen molar-refractivity contribution in [3.05, 3.63) is 59.6 Å². The molecule has 2 aromatic heterocycles. The molecule has 4 rings (SSSR count). The molecule has 3 aromatic rings. The lowest BCUT2D eigenvalue weighted by atomic mass is 10.0. The van der Waals surface area contributed by atoms with Crippen LogP contribution in [0.4, 0.5) is 5.13 Å². The van der Waals surface area contributed by atoms with Crippen LogP contribution in [0.3, 0.4) is 0 Å². The standard InChI is InChI=1S/C21H22N4O3S2/c1-15-8-10-16(11-9-15)30(27,28)25-13-5-3-7-19(25)20(26)24-21-23-18(14-29-21)17-6-2-4-12-22-17/h2,4,6,8-12,14,19H,3,5,7,13H2,1H3,(H,23,24,26)/t19-/m0/s1. The highest BCUT2D eigenvalue weighted by Crippen LogP contribution is 2.28. The number of carbonyl (C=O) groups excluding carboxylic acids is 1. The highest BCUT2D eigenvalue weighted by Gasteiger charge is 2.37. The number of hydrogen-bond donors (Lipinski definition) is 1. The Morgan fingerprint density at radius 1 is 1.13 bits per heavy atom. The van der Waals surface area contributed by atoms with E-state index in [1.54, 1.807) is 30.5 Å². The zero-order chi connectivity index (χ0) is 21.1. The first kappa shape index (κ1) is 20.6. The molecule has 0 unspecified atom stereocenters. The maximum Gasteiger partial charge on any atom is 0.244 e. The molecule has 156 valence electrons. The SMILES string of the molecule is Cc1ccc(S(=O)(=O)N2CCCC[C@H]2C(=O)Nc2nc(-c3ccccn3)cs2)cc1. The van der Waals surface area contributed by atoms with Gasteiger partial charge in [0.15, 0.2) is 5.13 Å². The summed E-state index contributed by atoms with van der Waals surface area (Å²) in [5.74, 6) is -0.354. The summed E-state index contributed by atoms with van der Waals surface area (Å²) in [5, 5.41) is 5.05. The molecule has 1 N–H and O–H groups in total. The van der Waals surface area contributed by atoms with Crippen LogP contribution in [-0.4, -0.2) is 41.2 Å². The Hall–Kier alpha value is -2.62. The molecule has 1 aromatic carbocycles. The number of aryl methyl sites for hydroxylation is 1. The van der Waals surface area contributed by atoms with Crippen LogP contribution in [0.25, 0.3) is 11.4 Å². The maximum atomic E-state index is 13.2. The number of amides is 1. The molecule has 0 saturated carbocycles. The lowest BCUT2D eigenvalue weighted by Gasteiger charge is -2.33. The number of nitrogens with zero attached hydrogens (tertiary/aromatic N) is 3. The van der Waals surface area contributed by atoms with E-state index in [1.165, 1.54) is 15.6 Å². The maximum absolute atomic E-state index is 13.2. The number of carbonyl (C=O) groups is 1. The molecule has 9 heteroatoms. The summed E-state index contributed by atoms with van der Waals surface area (Å²) >= 11 is 1.29. The van der Waals surface area contributed by atoms with Gasteiger partial charge in [0.2, 0.25) is 15.9 Å². The summed E-state index contributed by atoms with van der Waals surface area (Å²) in [6, 6.07) is 11.5. The first-order chi connectivity index (χ1) is 14.4. The van der Waals surface area contributed by atoms with Crippen molar-refractivity contribution < 1.29 is 13.2 Å². The van der Waals surface area contributed by atoms with E-state index in [9.17, 15) is 13.2 Å². The molecule has 1 aliphatic heterocycles. The van der Waals surface area contributed by atoms with E-state index in [0.717, 1.165) is 24.1 Å². The Morgan fingerprint density at radius 3 is 2.67 bits per heavy atom. The molecule has 0 aliphatic carbocycles. The number of benzene rings is 1. The van der Waals surface area contributed by atoms with Crippen molar-refractivity contribution in [3.63, 3.8) is 0 Å². The average molecular weight is 443 g/mol. The second-order valence-electron chi connectivity index (χ2n) is 7.18. The Balaban J connectivity index is 1.53. The highest BCUT2D eigenvalue weighted by atomic mass is 32.2. The second kappa shape index (κ2) is 8.63. The predicted molar refractivity (Wildman–Crippen MR) is 117 cm³/mol. The van der Waals surface area contributed by atoms with Gasteiger partial charge in [-0.25, -0.2) is 13.4 Å². The summed E-state index contributed by atoms with van der Waals surface area (Å²) in [5.41, 5.74) is 2.37. The van der Waals surface area contributed by atoms with Crippen molar-refractivity contribution in [1.82, 2.24) is 14.3 Å². The molecule has 1 saturated heterocycles. The molecule has 0 bridgehead atoms. The van der Waals surface area contributed by atoms with Gasteiger partial charge in [0.1, 0.15) is 11.7 Å². The molecule has 3 heterocycles. The van der Waals surface area contributed by atoms with Crippen LogP contribution in [0.2, 0.25) is 0 Å². The van der Waals surface area contributed by atoms with Crippen LogP contribution in [0.1, 0.15) is 24.8 Å². The molecule has 1 aliphatic rings. The summed E-state index contributed by atoms with van der Waals surface area (Å²) in [4.78, 5) is 21.9. The fourth-order valence-electron chi connectivity index (χ4n) is 3.45. The van der Waals surface area contributed by atoms with Gasteiger partial charge >= 0.3 is 0 Å². The smallest absolute Gasteiger partial charge is 0.244 e. The predicted octanol–water partition coefficient (Wildman–Crippen LogP) is 3.70. The molecule has 1 atom stereocenters. The Kier molecular flexibility index (Phi) is 5.94. The zero-order valence-electron chi connectivity index (χ0n) is 16.5. The van der Waals surface area contributed by atoms with Crippen LogP contribution in [0.15, 0.2) is 58.9 Å². The molecule has 0 spiro atoms. The van der Waals surface area contributed by atoms with Crippen LogP contribution < -0.4 is 5.32 Å². The largest absolute Gasteiger partial charge is 0.301 e. The zero-order valence-corrected chi connectivity index (χ0v) is 18.1. The van der Waals surface area contributed by atoms with Gasteiger partial charge in [-0.05, 0) is 44.0 Å². The minimum atomic E-state index is -3.76. The first-order valence-corrected chi connectivity index (χ1v) is 12.0. The number of pyridine rings is 1. The fraction of sp³-hybridized carbons (Fsp3) is 0.286. The first-order valence-electron chi connectivity index (χ1n) is 9.71. The number of nitrogens with one attached hydrogen (secondary N) is 1. The lowest BCUT2D eigenvalue weighted by molar-refractivity contribution is -0.120. The topological polar surface area (TPSA) is 92.3 Å². The van der Waals surface area contributed by atoms with Crippen molar-refractivity contribution in [2.24, 2.45) is 0 Å². The molecule has 1 amide bonds. The molecule has 30 heavy (non-hydrogen) atoms. The van der Waals surface area contributed by atoms with Gasteiger partial charge < -0.3 is 5.32 Å². The highest BCUT2D eigenvalue weighted by molar-refractivity contribution is 7.89. The van der Waals surface area contributed by atoms with Gasteiger partial charge in [0.05, 0.1) is 10.6 Å². The van der Waals surface area contributed by atoms with Crippen LogP contribution in [0.5, 0.6) is 0 Å². The molecule has 0 radical (unpaired) electrons. The van der Waals surface area contributed by atoms with Gasteiger partial charge in [-0.15, -0.1) is 11.3 Å². The van der Waals surface area contributed by atoms with Gasteiger partial charge in [-0.1, -0.05) is 30.2 Å². The van der Waals surface area contributed by atoms with Crippen molar-refractivity contribution in [2.75, 3.05) is 11.9 Å². The molecule has 1 fully saturated rings. The lowest BCUT2D eigenvalue weighted by Crippen LogP contribution is -2.49. The molecular weight excluding hydrogens is 420 g/mol. The van der Waals surface area contributed by atoms with Crippen LogP contribution in [-0.2, 0) is 14.8 Å². The minimum Gasteiger partial charge on any atom is -0.301 e. The fourth-order valence-corrected chi connectivity index (χ4v) is 5.82. The van der Waals surface area contributed by atoms with Gasteiger partial charge in [0.25, 0.3) is 0 Å². The number of anilines is 1. The Labute approximate surface area is 179 Å². The third kappa shape index (κ3) is 4.28. The third-order valence-corrected chi connectivity index (χ3v) is 7.73. The number of aromatic nitrogens is 2. The monoisotopic (exact) mass is 442 g/mol. The van der Waals surface area contributed by atoms with E-state index in [1.807, 2.05) is 30.5 Å². The van der Waals surface area contributed by atoms with Gasteiger partial charge in [-0.3, -0.25) is 9.78 Å². The van der Waals surface area contributed by atoms with E-state index in [0.29, 0.717) is 23.8 Å². The number of rotatable bonds is 5. The van der Waals surface area contributed by atoms with E-state index < -0.39 is 16.1 Å². The Bertz CT molecular complexity index is 1130. The summed E-state index contributed by atoms with van der Waals surface area (Å²) < 4.78 is 27.7.